The number of hydrogen-bond donors (Lipinski definition) is 1. The number of nitrogens with zero attached hydrogens (tertiary/aromatic N) is 1. The zero-order valence-electron chi connectivity index (χ0n) is 8.53. The van der Waals surface area contributed by atoms with Crippen LogP contribution in [0.2, 0.25) is 0 Å². The first-order chi connectivity index (χ1) is 7.75. The van der Waals surface area contributed by atoms with E-state index in [2.05, 4.69) is 16.8 Å². The molecule has 16 heavy (non-hydrogen) atoms. The maximum Gasteiger partial charge on any atom is 0.293 e. The normalized spacial score (nSPS) is 12.5. The summed E-state index contributed by atoms with van der Waals surface area (Å²) in [6.07, 6.45) is 0.361. The highest BCUT2D eigenvalue weighted by Crippen LogP contribution is 2.27. The standard InChI is InChI=1S/C11H10N2O3/c12-10(14)3-1-2-8-4-5-9-11(13-8)16-7-6-15-9/h4-5H,2,6-7H2,(H2,12,14). The summed E-state index contributed by atoms with van der Waals surface area (Å²) in [5.41, 5.74) is 5.61. The van der Waals surface area contributed by atoms with Crippen LogP contribution in [0.5, 0.6) is 11.6 Å². The highest BCUT2D eigenvalue weighted by molar-refractivity contribution is 5.91. The maximum absolute atomic E-state index is 10.4. The van der Waals surface area contributed by atoms with Crippen LogP contribution in [-0.4, -0.2) is 24.1 Å². The molecule has 1 aromatic heterocycles. The van der Waals surface area contributed by atoms with Gasteiger partial charge in [-0.25, -0.2) is 4.98 Å². The van der Waals surface area contributed by atoms with E-state index in [4.69, 9.17) is 15.2 Å². The zero-order valence-corrected chi connectivity index (χ0v) is 8.53. The van der Waals surface area contributed by atoms with Gasteiger partial charge in [-0.2, -0.15) is 0 Å². The minimum absolute atomic E-state index is 0.361. The van der Waals surface area contributed by atoms with Gasteiger partial charge in [-0.05, 0) is 18.1 Å². The van der Waals surface area contributed by atoms with Gasteiger partial charge in [0.05, 0.1) is 12.1 Å². The first-order valence-corrected chi connectivity index (χ1v) is 4.79. The number of fused-ring (bicyclic) bond motifs is 1. The summed E-state index contributed by atoms with van der Waals surface area (Å²) < 4.78 is 10.6. The van der Waals surface area contributed by atoms with Crippen LogP contribution in [0.3, 0.4) is 0 Å². The minimum atomic E-state index is -0.641. The fourth-order valence-electron chi connectivity index (χ4n) is 1.29. The van der Waals surface area contributed by atoms with E-state index in [1.54, 1.807) is 12.1 Å². The molecule has 0 atom stereocenters. The molecule has 82 valence electrons. The molecule has 5 nitrogen and oxygen atoms in total. The van der Waals surface area contributed by atoms with Gasteiger partial charge in [-0.3, -0.25) is 4.79 Å². The minimum Gasteiger partial charge on any atom is -0.484 e. The van der Waals surface area contributed by atoms with Gasteiger partial charge in [0.1, 0.15) is 13.2 Å². The predicted molar refractivity (Wildman–Crippen MR) is 55.9 cm³/mol. The van der Waals surface area contributed by atoms with Crippen molar-refractivity contribution in [1.82, 2.24) is 4.98 Å². The van der Waals surface area contributed by atoms with Crippen molar-refractivity contribution in [3.63, 3.8) is 0 Å². The number of rotatable bonds is 1. The topological polar surface area (TPSA) is 74.4 Å². The Morgan fingerprint density at radius 2 is 2.25 bits per heavy atom. The lowest BCUT2D eigenvalue weighted by molar-refractivity contribution is -0.112. The SMILES string of the molecule is NC(=O)C#CCc1ccc2c(n1)OCCO2. The number of hydrogen-bond acceptors (Lipinski definition) is 4. The number of nitrogens with two attached hydrogens (primary N) is 1. The van der Waals surface area contributed by atoms with Crippen LogP contribution in [0.15, 0.2) is 12.1 Å². The average Bonchev–Trinajstić information content (AvgIpc) is 2.28. The molecule has 5 heteroatoms. The van der Waals surface area contributed by atoms with E-state index in [9.17, 15) is 4.79 Å². The highest BCUT2D eigenvalue weighted by atomic mass is 16.6. The summed E-state index contributed by atoms with van der Waals surface area (Å²) in [7, 11) is 0. The first-order valence-electron chi connectivity index (χ1n) is 4.79. The summed E-state index contributed by atoms with van der Waals surface area (Å²) in [4.78, 5) is 14.6. The number of carbonyl (C=O) groups is 1. The third-order valence-corrected chi connectivity index (χ3v) is 1.94. The Labute approximate surface area is 92.6 Å². The molecule has 1 aliphatic heterocycles. The molecular formula is C11H10N2O3. The molecule has 2 N–H and O–H groups in total. The number of ether oxygens (including phenoxy) is 2. The van der Waals surface area contributed by atoms with Crippen molar-refractivity contribution in [2.24, 2.45) is 5.73 Å². The molecular weight excluding hydrogens is 208 g/mol. The second kappa shape index (κ2) is 4.53. The van der Waals surface area contributed by atoms with E-state index < -0.39 is 5.91 Å². The van der Waals surface area contributed by atoms with Crippen molar-refractivity contribution in [3.05, 3.63) is 17.8 Å². The van der Waals surface area contributed by atoms with E-state index in [1.165, 1.54) is 0 Å². The second-order valence-corrected chi connectivity index (χ2v) is 3.15. The number of pyridine rings is 1. The monoisotopic (exact) mass is 218 g/mol. The fraction of sp³-hybridized carbons (Fsp3) is 0.273. The van der Waals surface area contributed by atoms with E-state index in [0.717, 1.165) is 5.69 Å². The third-order valence-electron chi connectivity index (χ3n) is 1.94. The molecule has 0 saturated heterocycles. The smallest absolute Gasteiger partial charge is 0.293 e. The molecule has 0 radical (unpaired) electrons. The Kier molecular flexibility index (Phi) is 2.92. The lowest BCUT2D eigenvalue weighted by Gasteiger charge is -2.17. The maximum atomic E-state index is 10.4. The molecule has 0 saturated carbocycles. The molecule has 0 aliphatic carbocycles. The van der Waals surface area contributed by atoms with Crippen LogP contribution in [0, 0.1) is 11.8 Å². The van der Waals surface area contributed by atoms with E-state index in [0.29, 0.717) is 31.3 Å². The molecule has 0 unspecified atom stereocenters. The molecule has 0 aromatic carbocycles. The fourth-order valence-corrected chi connectivity index (χ4v) is 1.29. The Morgan fingerprint density at radius 3 is 3.06 bits per heavy atom. The number of amides is 1. The lowest BCUT2D eigenvalue weighted by Crippen LogP contribution is -2.16. The summed E-state index contributed by atoms with van der Waals surface area (Å²) in [5.74, 6) is 5.35. The molecule has 1 amide bonds. The molecule has 2 rings (SSSR count). The van der Waals surface area contributed by atoms with Crippen molar-refractivity contribution >= 4 is 5.91 Å². The van der Waals surface area contributed by atoms with Gasteiger partial charge in [-0.15, -0.1) is 0 Å². The summed E-state index contributed by atoms with van der Waals surface area (Å²) >= 11 is 0. The van der Waals surface area contributed by atoms with Gasteiger partial charge < -0.3 is 15.2 Å². The van der Waals surface area contributed by atoms with E-state index >= 15 is 0 Å². The third kappa shape index (κ3) is 2.42. The van der Waals surface area contributed by atoms with Crippen LogP contribution in [-0.2, 0) is 11.2 Å². The quantitative estimate of drug-likeness (QED) is 0.667. The molecule has 0 fully saturated rings. The number of aromatic nitrogens is 1. The van der Waals surface area contributed by atoms with Gasteiger partial charge in [0.2, 0.25) is 0 Å². The van der Waals surface area contributed by atoms with Crippen LogP contribution < -0.4 is 15.2 Å². The highest BCUT2D eigenvalue weighted by Gasteiger charge is 2.12. The summed E-state index contributed by atoms with van der Waals surface area (Å²) in [5, 5.41) is 0. The molecule has 1 aliphatic rings. The Morgan fingerprint density at radius 1 is 1.44 bits per heavy atom. The van der Waals surface area contributed by atoms with Crippen molar-refractivity contribution in [3.8, 4) is 23.5 Å². The second-order valence-electron chi connectivity index (χ2n) is 3.15. The number of carbonyl (C=O) groups excluding carboxylic acids is 1. The molecule has 0 bridgehead atoms. The van der Waals surface area contributed by atoms with Crippen LogP contribution >= 0.6 is 0 Å². The van der Waals surface area contributed by atoms with Gasteiger partial charge in [-0.1, -0.05) is 5.92 Å². The Bertz CT molecular complexity index is 474. The van der Waals surface area contributed by atoms with Crippen molar-refractivity contribution in [1.29, 1.82) is 0 Å². The molecule has 1 aromatic rings. The largest absolute Gasteiger partial charge is 0.484 e. The zero-order chi connectivity index (χ0) is 11.4. The van der Waals surface area contributed by atoms with Crippen LogP contribution in [0.25, 0.3) is 0 Å². The van der Waals surface area contributed by atoms with E-state index in [1.807, 2.05) is 0 Å². The number of primary amides is 1. The van der Waals surface area contributed by atoms with Crippen molar-refractivity contribution in [2.45, 2.75) is 6.42 Å². The van der Waals surface area contributed by atoms with Gasteiger partial charge in [0.25, 0.3) is 11.8 Å². The van der Waals surface area contributed by atoms with Crippen LogP contribution in [0.1, 0.15) is 5.69 Å². The molecule has 2 heterocycles. The average molecular weight is 218 g/mol. The summed E-state index contributed by atoms with van der Waals surface area (Å²) in [6.45, 7) is 1.03. The first kappa shape index (κ1) is 10.3. The Balaban J connectivity index is 2.12. The van der Waals surface area contributed by atoms with Crippen LogP contribution in [0.4, 0.5) is 0 Å². The van der Waals surface area contributed by atoms with Gasteiger partial charge in [0.15, 0.2) is 5.75 Å². The predicted octanol–water partition coefficient (Wildman–Crippen LogP) is -0.116. The van der Waals surface area contributed by atoms with E-state index in [-0.39, 0.29) is 0 Å². The molecule has 0 spiro atoms. The lowest BCUT2D eigenvalue weighted by atomic mass is 10.2. The van der Waals surface area contributed by atoms with Gasteiger partial charge in [0, 0.05) is 0 Å². The van der Waals surface area contributed by atoms with Crippen molar-refractivity contribution in [2.75, 3.05) is 13.2 Å². The Hall–Kier alpha value is -2.22. The van der Waals surface area contributed by atoms with Crippen molar-refractivity contribution < 1.29 is 14.3 Å². The summed E-state index contributed by atoms with van der Waals surface area (Å²) in [6, 6.07) is 3.56. The van der Waals surface area contributed by atoms with Gasteiger partial charge >= 0.3 is 0 Å².